The van der Waals surface area contributed by atoms with Crippen molar-refractivity contribution in [2.45, 2.75) is 18.5 Å². The third kappa shape index (κ3) is 2.35. The molecular formula is C21H10F5NO2. The average molecular weight is 403 g/mol. The Kier molecular flexibility index (Phi) is 3.45. The monoisotopic (exact) mass is 403 g/mol. The van der Waals surface area contributed by atoms with Crippen LogP contribution in [0.1, 0.15) is 11.5 Å². The van der Waals surface area contributed by atoms with Crippen molar-refractivity contribution in [2.24, 2.45) is 0 Å². The minimum absolute atomic E-state index is 0.144. The number of benzene rings is 2. The number of nitrogens with zero attached hydrogens (tertiary/aromatic N) is 1. The smallest absolute Gasteiger partial charge is 0.307 e. The third-order valence-electron chi connectivity index (χ3n) is 5.35. The molecule has 1 atom stereocenters. The highest BCUT2D eigenvalue weighted by Crippen LogP contribution is 2.41. The van der Waals surface area contributed by atoms with Crippen molar-refractivity contribution in [3.8, 4) is 0 Å². The van der Waals surface area contributed by atoms with E-state index in [1.54, 1.807) is 28.7 Å². The lowest BCUT2D eigenvalue weighted by molar-refractivity contribution is -0.178. The van der Waals surface area contributed by atoms with Crippen LogP contribution in [-0.4, -0.2) is 17.0 Å². The van der Waals surface area contributed by atoms with Crippen LogP contribution in [0.4, 0.5) is 22.0 Å². The lowest BCUT2D eigenvalue weighted by atomic mass is 9.94. The molecule has 5 aromatic rings. The highest BCUT2D eigenvalue weighted by Gasteiger charge is 2.47. The maximum absolute atomic E-state index is 13.2. The largest absolute Gasteiger partial charge is 0.401 e. The topological polar surface area (TPSA) is 38.5 Å². The molecule has 0 aliphatic heterocycles. The molecule has 3 nitrogen and oxygen atoms in total. The van der Waals surface area contributed by atoms with Crippen molar-refractivity contribution < 1.29 is 22.0 Å². The average Bonchev–Trinajstić information content (AvgIpc) is 2.94. The molecule has 3 heterocycles. The predicted molar refractivity (Wildman–Crippen MR) is 99.6 cm³/mol. The van der Waals surface area contributed by atoms with Crippen LogP contribution in [0.3, 0.4) is 0 Å². The quantitative estimate of drug-likeness (QED) is 0.393. The fourth-order valence-corrected chi connectivity index (χ4v) is 4.16. The summed E-state index contributed by atoms with van der Waals surface area (Å²) in [4.78, 5) is 25.4. The summed E-state index contributed by atoms with van der Waals surface area (Å²) in [6.07, 6.45) is -8.96. The number of pyridine rings is 2. The fourth-order valence-electron chi connectivity index (χ4n) is 4.16. The van der Waals surface area contributed by atoms with Crippen molar-refractivity contribution in [3.63, 3.8) is 0 Å². The Balaban J connectivity index is 2.01. The lowest BCUT2D eigenvalue weighted by Gasteiger charge is -2.21. The van der Waals surface area contributed by atoms with Gasteiger partial charge in [-0.2, -0.15) is 13.2 Å². The van der Waals surface area contributed by atoms with Crippen LogP contribution in [0.15, 0.2) is 58.1 Å². The molecule has 146 valence electrons. The number of hydrogen-bond acceptors (Lipinski definition) is 2. The van der Waals surface area contributed by atoms with E-state index in [0.717, 1.165) is 12.1 Å². The Morgan fingerprint density at radius 1 is 0.759 bits per heavy atom. The van der Waals surface area contributed by atoms with Crippen molar-refractivity contribution in [1.82, 2.24) is 4.40 Å². The molecule has 0 aliphatic carbocycles. The van der Waals surface area contributed by atoms with Crippen LogP contribution in [-0.2, 0) is 0 Å². The Labute approximate surface area is 158 Å². The highest BCUT2D eigenvalue weighted by molar-refractivity contribution is 6.13. The van der Waals surface area contributed by atoms with Gasteiger partial charge in [0.15, 0.2) is 10.9 Å². The Hall–Kier alpha value is -3.29. The summed E-state index contributed by atoms with van der Waals surface area (Å²) in [5, 5.41) is 1.04. The summed E-state index contributed by atoms with van der Waals surface area (Å²) in [5.74, 6) is -3.09. The van der Waals surface area contributed by atoms with E-state index in [9.17, 15) is 31.5 Å². The molecule has 0 radical (unpaired) electrons. The van der Waals surface area contributed by atoms with E-state index in [-0.39, 0.29) is 16.3 Å². The van der Waals surface area contributed by atoms with Gasteiger partial charge in [-0.15, -0.1) is 0 Å². The number of alkyl halides is 5. The molecular weight excluding hydrogens is 393 g/mol. The van der Waals surface area contributed by atoms with E-state index in [4.69, 9.17) is 0 Å². The summed E-state index contributed by atoms with van der Waals surface area (Å²) in [5.41, 5.74) is -0.900. The number of fused-ring (bicyclic) bond motifs is 3. The van der Waals surface area contributed by atoms with Gasteiger partial charge in [-0.05, 0) is 17.7 Å². The number of rotatable bonds is 2. The van der Waals surface area contributed by atoms with Crippen LogP contribution in [0.5, 0.6) is 0 Å². The Morgan fingerprint density at radius 3 is 1.66 bits per heavy atom. The lowest BCUT2D eigenvalue weighted by Crippen LogP contribution is -2.27. The molecule has 0 spiro atoms. The molecule has 8 heteroatoms. The maximum Gasteiger partial charge on any atom is 0.401 e. The van der Waals surface area contributed by atoms with Crippen LogP contribution < -0.4 is 10.9 Å². The molecule has 0 saturated carbocycles. The van der Waals surface area contributed by atoms with Crippen molar-refractivity contribution in [2.75, 3.05) is 0 Å². The van der Waals surface area contributed by atoms with Gasteiger partial charge in [0.25, 0.3) is 6.43 Å². The first kappa shape index (κ1) is 17.8. The number of aromatic nitrogens is 1. The summed E-state index contributed by atoms with van der Waals surface area (Å²) >= 11 is 0. The summed E-state index contributed by atoms with van der Waals surface area (Å²) in [7, 11) is 0. The molecule has 0 bridgehead atoms. The molecule has 1 unspecified atom stereocenters. The predicted octanol–water partition coefficient (Wildman–Crippen LogP) is 4.91. The van der Waals surface area contributed by atoms with Gasteiger partial charge in [0, 0.05) is 33.7 Å². The normalized spacial score (nSPS) is 14.1. The van der Waals surface area contributed by atoms with E-state index in [1.165, 1.54) is 12.1 Å². The SMILES string of the molecule is O=c1cc2c3ccccc3c3cc(=O)c4cc(C(C(F)F)C(F)(F)F)cc1c4n23. The summed E-state index contributed by atoms with van der Waals surface area (Å²) in [6.45, 7) is 0. The molecule has 0 fully saturated rings. The molecule has 0 amide bonds. The van der Waals surface area contributed by atoms with Gasteiger partial charge in [0.2, 0.25) is 0 Å². The second-order valence-electron chi connectivity index (χ2n) is 6.99. The van der Waals surface area contributed by atoms with Gasteiger partial charge in [0.05, 0.1) is 16.6 Å². The second-order valence-corrected chi connectivity index (χ2v) is 6.99. The van der Waals surface area contributed by atoms with Crippen molar-refractivity contribution in [3.05, 3.63) is 74.5 Å². The van der Waals surface area contributed by atoms with Gasteiger partial charge in [0.1, 0.15) is 5.92 Å². The first-order valence-electron chi connectivity index (χ1n) is 8.63. The first-order chi connectivity index (χ1) is 13.7. The second kappa shape index (κ2) is 5.62. The van der Waals surface area contributed by atoms with Gasteiger partial charge >= 0.3 is 6.18 Å². The number of halogens is 5. The number of hydrogen-bond donors (Lipinski definition) is 0. The van der Waals surface area contributed by atoms with E-state index in [2.05, 4.69) is 0 Å². The summed E-state index contributed by atoms with van der Waals surface area (Å²) < 4.78 is 67.8. The van der Waals surface area contributed by atoms with Crippen molar-refractivity contribution >= 4 is 38.1 Å². The minimum atomic E-state index is -5.23. The molecule has 29 heavy (non-hydrogen) atoms. The maximum atomic E-state index is 13.2. The zero-order valence-corrected chi connectivity index (χ0v) is 14.4. The van der Waals surface area contributed by atoms with E-state index in [0.29, 0.717) is 21.8 Å². The van der Waals surface area contributed by atoms with E-state index in [1.807, 2.05) is 0 Å². The summed E-state index contributed by atoms with van der Waals surface area (Å²) in [6, 6.07) is 11.3. The zero-order valence-electron chi connectivity index (χ0n) is 14.4. The van der Waals surface area contributed by atoms with E-state index >= 15 is 0 Å². The minimum Gasteiger partial charge on any atom is -0.307 e. The molecule has 2 aromatic carbocycles. The van der Waals surface area contributed by atoms with Crippen molar-refractivity contribution in [1.29, 1.82) is 0 Å². The molecule has 0 saturated heterocycles. The van der Waals surface area contributed by atoms with Gasteiger partial charge in [-0.1, -0.05) is 24.3 Å². The molecule has 3 aromatic heterocycles. The Bertz CT molecular complexity index is 1420. The van der Waals surface area contributed by atoms with Crippen LogP contribution >= 0.6 is 0 Å². The first-order valence-corrected chi connectivity index (χ1v) is 8.63. The Morgan fingerprint density at radius 2 is 1.24 bits per heavy atom. The third-order valence-corrected chi connectivity index (χ3v) is 5.35. The van der Waals surface area contributed by atoms with Crippen LogP contribution in [0.25, 0.3) is 38.1 Å². The zero-order chi connectivity index (χ0) is 20.7. The van der Waals surface area contributed by atoms with Gasteiger partial charge in [-0.3, -0.25) is 9.59 Å². The van der Waals surface area contributed by atoms with Crippen LogP contribution in [0, 0.1) is 0 Å². The molecule has 0 aliphatic rings. The fraction of sp³-hybridized carbons (Fsp3) is 0.143. The van der Waals surface area contributed by atoms with E-state index < -0.39 is 34.9 Å². The highest BCUT2D eigenvalue weighted by atomic mass is 19.4. The van der Waals surface area contributed by atoms with Gasteiger partial charge < -0.3 is 4.40 Å². The standard InChI is InChI=1S/C21H10F5NO2/c22-20(23)18(21(24,25)26)9-5-12-16(28)7-14-10-3-1-2-4-11(10)15-8-17(29)13(6-9)19(12)27(14)15/h1-8,18,20H. The van der Waals surface area contributed by atoms with Crippen LogP contribution in [0.2, 0.25) is 0 Å². The van der Waals surface area contributed by atoms with Gasteiger partial charge in [-0.25, -0.2) is 8.78 Å². The molecule has 5 rings (SSSR count). The molecule has 0 N–H and O–H groups in total.